The molecule has 1 aliphatic rings. The van der Waals surface area contributed by atoms with E-state index in [4.69, 9.17) is 0 Å². The van der Waals surface area contributed by atoms with E-state index in [9.17, 15) is 8.42 Å². The fraction of sp³-hybridized carbons (Fsp3) is 0.333. The zero-order valence-corrected chi connectivity index (χ0v) is 19.5. The van der Waals surface area contributed by atoms with Crippen molar-refractivity contribution >= 4 is 16.1 Å². The van der Waals surface area contributed by atoms with Gasteiger partial charge in [0, 0.05) is 29.9 Å². The maximum atomic E-state index is 13.5. The monoisotopic (exact) mass is 448 g/mol. The number of benzene rings is 2. The summed E-state index contributed by atoms with van der Waals surface area (Å²) >= 11 is 0. The van der Waals surface area contributed by atoms with E-state index in [1.54, 1.807) is 10.4 Å². The van der Waals surface area contributed by atoms with Crippen LogP contribution in [0.25, 0.3) is 6.08 Å². The molecule has 5 heteroatoms. The predicted octanol–water partition coefficient (Wildman–Crippen LogP) is 5.98. The van der Waals surface area contributed by atoms with Gasteiger partial charge in [-0.25, -0.2) is 8.42 Å². The van der Waals surface area contributed by atoms with Gasteiger partial charge >= 0.3 is 0 Å². The molecule has 0 atom stereocenters. The van der Waals surface area contributed by atoms with Gasteiger partial charge in [-0.1, -0.05) is 73.9 Å². The Labute approximate surface area is 192 Å². The number of hydrogen-bond donors (Lipinski definition) is 0. The van der Waals surface area contributed by atoms with Crippen molar-refractivity contribution in [2.75, 3.05) is 0 Å². The van der Waals surface area contributed by atoms with Gasteiger partial charge in [-0.15, -0.1) is 0 Å². The van der Waals surface area contributed by atoms with Crippen molar-refractivity contribution in [3.8, 4) is 0 Å². The van der Waals surface area contributed by atoms with E-state index in [1.807, 2.05) is 54.7 Å². The van der Waals surface area contributed by atoms with Gasteiger partial charge in [0.2, 0.25) is 10.0 Å². The fourth-order valence-corrected chi connectivity index (χ4v) is 5.90. The minimum atomic E-state index is -3.55. The largest absolute Gasteiger partial charge is 0.346 e. The molecule has 0 bridgehead atoms. The third-order valence-corrected chi connectivity index (χ3v) is 7.95. The number of sulfonamides is 1. The average molecular weight is 449 g/mol. The average Bonchev–Trinajstić information content (AvgIpc) is 3.25. The van der Waals surface area contributed by atoms with Crippen molar-refractivity contribution in [1.82, 2.24) is 8.87 Å². The summed E-state index contributed by atoms with van der Waals surface area (Å²) in [5.41, 5.74) is 4.41. The van der Waals surface area contributed by atoms with Crippen LogP contribution in [0.3, 0.4) is 0 Å². The van der Waals surface area contributed by atoms with E-state index in [2.05, 4.69) is 29.7 Å². The van der Waals surface area contributed by atoms with Gasteiger partial charge in [0.1, 0.15) is 0 Å². The van der Waals surface area contributed by atoms with Gasteiger partial charge < -0.3 is 4.57 Å². The quantitative estimate of drug-likeness (QED) is 0.425. The summed E-state index contributed by atoms with van der Waals surface area (Å²) in [5, 5.41) is 1.38. The standard InChI is InChI=1S/C27H32N2O2S/c1-23-11-8-9-14-25(23)21-28-19-10-17-27(28)22-29(26-15-6-3-7-16-26)32(30,31)20-18-24-12-4-2-5-13-24/h2,4-5,8-14,17-20,26H,3,6-7,15-16,21-22H2,1H3. The molecule has 0 unspecified atom stereocenters. The molecule has 0 spiro atoms. The van der Waals surface area contributed by atoms with E-state index in [0.717, 1.165) is 43.5 Å². The highest BCUT2D eigenvalue weighted by atomic mass is 32.2. The number of aryl methyl sites for hydroxylation is 1. The molecule has 0 radical (unpaired) electrons. The third-order valence-electron chi connectivity index (χ3n) is 6.38. The minimum absolute atomic E-state index is 0.0518. The molecule has 1 fully saturated rings. The zero-order chi connectivity index (χ0) is 22.4. The first-order valence-electron chi connectivity index (χ1n) is 11.5. The summed E-state index contributed by atoms with van der Waals surface area (Å²) < 4.78 is 30.9. The van der Waals surface area contributed by atoms with E-state index in [0.29, 0.717) is 6.54 Å². The number of hydrogen-bond acceptors (Lipinski definition) is 2. The lowest BCUT2D eigenvalue weighted by molar-refractivity contribution is 0.246. The SMILES string of the molecule is Cc1ccccc1Cn1cccc1CN(C1CCCCC1)S(=O)(=O)C=Cc1ccccc1. The first-order chi connectivity index (χ1) is 15.5. The summed E-state index contributed by atoms with van der Waals surface area (Å²) in [6, 6.07) is 22.1. The second-order valence-corrected chi connectivity index (χ2v) is 10.4. The molecule has 3 aromatic rings. The van der Waals surface area contributed by atoms with Crippen molar-refractivity contribution in [1.29, 1.82) is 0 Å². The highest BCUT2D eigenvalue weighted by molar-refractivity contribution is 7.92. The van der Waals surface area contributed by atoms with Crippen LogP contribution in [0.2, 0.25) is 0 Å². The second kappa shape index (κ2) is 10.3. The Morgan fingerprint density at radius 1 is 0.938 bits per heavy atom. The Kier molecular flexibility index (Phi) is 7.28. The van der Waals surface area contributed by atoms with E-state index in [1.165, 1.54) is 23.0 Å². The molecule has 1 aliphatic carbocycles. The Bertz CT molecular complexity index is 1140. The number of nitrogens with zero attached hydrogens (tertiary/aromatic N) is 2. The highest BCUT2D eigenvalue weighted by Crippen LogP contribution is 2.28. The van der Waals surface area contributed by atoms with Gasteiger partial charge in [0.15, 0.2) is 0 Å². The van der Waals surface area contributed by atoms with E-state index >= 15 is 0 Å². The molecule has 4 rings (SSSR count). The number of rotatable bonds is 8. The molecule has 32 heavy (non-hydrogen) atoms. The van der Waals surface area contributed by atoms with Crippen molar-refractivity contribution in [3.63, 3.8) is 0 Å². The predicted molar refractivity (Wildman–Crippen MR) is 132 cm³/mol. The van der Waals surface area contributed by atoms with Gasteiger partial charge in [0.05, 0.1) is 6.54 Å². The van der Waals surface area contributed by atoms with Crippen LogP contribution in [0.1, 0.15) is 54.5 Å². The van der Waals surface area contributed by atoms with Crippen LogP contribution in [0.15, 0.2) is 78.3 Å². The van der Waals surface area contributed by atoms with Crippen LogP contribution in [-0.2, 0) is 23.1 Å². The second-order valence-electron chi connectivity index (χ2n) is 8.65. The molecule has 0 N–H and O–H groups in total. The van der Waals surface area contributed by atoms with Crippen LogP contribution in [-0.4, -0.2) is 23.3 Å². The molecule has 168 valence electrons. The maximum Gasteiger partial charge on any atom is 0.236 e. The smallest absolute Gasteiger partial charge is 0.236 e. The van der Waals surface area contributed by atoms with Crippen molar-refractivity contribution in [3.05, 3.63) is 101 Å². The minimum Gasteiger partial charge on any atom is -0.346 e. The summed E-state index contributed by atoms with van der Waals surface area (Å²) in [6.07, 6.45) is 8.97. The van der Waals surface area contributed by atoms with Gasteiger partial charge in [0.25, 0.3) is 0 Å². The van der Waals surface area contributed by atoms with Crippen molar-refractivity contribution in [2.24, 2.45) is 0 Å². The topological polar surface area (TPSA) is 42.3 Å². The molecular formula is C27H32N2O2S. The molecule has 0 amide bonds. The zero-order valence-electron chi connectivity index (χ0n) is 18.7. The Morgan fingerprint density at radius 3 is 2.41 bits per heavy atom. The fourth-order valence-electron chi connectivity index (χ4n) is 4.48. The highest BCUT2D eigenvalue weighted by Gasteiger charge is 2.30. The summed E-state index contributed by atoms with van der Waals surface area (Å²) in [7, 11) is -3.55. The number of aromatic nitrogens is 1. The van der Waals surface area contributed by atoms with Crippen LogP contribution < -0.4 is 0 Å². The van der Waals surface area contributed by atoms with Crippen LogP contribution in [0, 0.1) is 6.92 Å². The van der Waals surface area contributed by atoms with Gasteiger partial charge in [-0.05, 0) is 54.7 Å². The third kappa shape index (κ3) is 5.59. The maximum absolute atomic E-state index is 13.5. The van der Waals surface area contributed by atoms with Crippen molar-refractivity contribution < 1.29 is 8.42 Å². The first kappa shape index (κ1) is 22.6. The summed E-state index contributed by atoms with van der Waals surface area (Å²) in [6.45, 7) is 3.25. The lowest BCUT2D eigenvalue weighted by Gasteiger charge is -2.32. The molecular weight excluding hydrogens is 416 g/mol. The summed E-state index contributed by atoms with van der Waals surface area (Å²) in [5.74, 6) is 0. The molecule has 2 aromatic carbocycles. The first-order valence-corrected chi connectivity index (χ1v) is 13.0. The Morgan fingerprint density at radius 2 is 1.66 bits per heavy atom. The molecule has 0 saturated heterocycles. The van der Waals surface area contributed by atoms with E-state index < -0.39 is 10.0 Å². The molecule has 0 aliphatic heterocycles. The van der Waals surface area contributed by atoms with Gasteiger partial charge in [-0.2, -0.15) is 4.31 Å². The molecule has 1 aromatic heterocycles. The molecule has 1 saturated carbocycles. The lowest BCUT2D eigenvalue weighted by Crippen LogP contribution is -2.40. The van der Waals surface area contributed by atoms with E-state index in [-0.39, 0.29) is 6.04 Å². The summed E-state index contributed by atoms with van der Waals surface area (Å²) in [4.78, 5) is 0. The van der Waals surface area contributed by atoms with Crippen LogP contribution in [0.5, 0.6) is 0 Å². The Balaban J connectivity index is 1.60. The normalized spacial score (nSPS) is 15.6. The Hall–Kier alpha value is -2.63. The van der Waals surface area contributed by atoms with Crippen molar-refractivity contribution in [2.45, 2.75) is 58.2 Å². The van der Waals surface area contributed by atoms with Crippen LogP contribution in [0.4, 0.5) is 0 Å². The van der Waals surface area contributed by atoms with Crippen LogP contribution >= 0.6 is 0 Å². The van der Waals surface area contributed by atoms with Gasteiger partial charge in [-0.3, -0.25) is 0 Å². The molecule has 1 heterocycles. The molecule has 4 nitrogen and oxygen atoms in total. The lowest BCUT2D eigenvalue weighted by atomic mass is 9.95.